The van der Waals surface area contributed by atoms with Gasteiger partial charge in [-0.3, -0.25) is 0 Å². The molecule has 0 spiro atoms. The van der Waals surface area contributed by atoms with Gasteiger partial charge in [-0.05, 0) is 30.7 Å². The Labute approximate surface area is 125 Å². The van der Waals surface area contributed by atoms with Crippen molar-refractivity contribution in [1.29, 1.82) is 0 Å². The predicted octanol–water partition coefficient (Wildman–Crippen LogP) is 4.59. The summed E-state index contributed by atoms with van der Waals surface area (Å²) < 4.78 is 27.0. The molecule has 1 unspecified atom stereocenters. The third-order valence-corrected chi connectivity index (χ3v) is 3.83. The molecule has 112 valence electrons. The van der Waals surface area contributed by atoms with E-state index in [2.05, 4.69) is 31.3 Å². The lowest BCUT2D eigenvalue weighted by molar-refractivity contribution is 0.426. The second kappa shape index (κ2) is 6.35. The lowest BCUT2D eigenvalue weighted by Crippen LogP contribution is -2.34. The molecule has 3 heteroatoms. The lowest BCUT2D eigenvalue weighted by Gasteiger charge is -2.28. The Hall–Kier alpha value is -1.74. The Bertz CT molecular complexity index is 593. The molecule has 1 atom stereocenters. The first-order valence-electron chi connectivity index (χ1n) is 7.14. The van der Waals surface area contributed by atoms with Gasteiger partial charge in [0.1, 0.15) is 11.6 Å². The summed E-state index contributed by atoms with van der Waals surface area (Å²) in [5.74, 6) is -0.795. The van der Waals surface area contributed by atoms with Gasteiger partial charge in [0.15, 0.2) is 0 Å². The van der Waals surface area contributed by atoms with Crippen molar-refractivity contribution in [2.45, 2.75) is 32.2 Å². The normalized spacial score (nSPS) is 13.2. The van der Waals surface area contributed by atoms with Gasteiger partial charge in [0.2, 0.25) is 0 Å². The van der Waals surface area contributed by atoms with E-state index in [4.69, 9.17) is 0 Å². The smallest absolute Gasteiger partial charge is 0.128 e. The number of nitrogens with one attached hydrogen (secondary N) is 1. The van der Waals surface area contributed by atoms with Crippen molar-refractivity contribution in [1.82, 2.24) is 5.32 Å². The summed E-state index contributed by atoms with van der Waals surface area (Å²) >= 11 is 0. The van der Waals surface area contributed by atoms with E-state index in [1.807, 2.05) is 25.1 Å². The molecule has 0 heterocycles. The number of halogens is 2. The Balaban J connectivity index is 2.07. The van der Waals surface area contributed by atoms with E-state index in [0.717, 1.165) is 6.07 Å². The van der Waals surface area contributed by atoms with Crippen LogP contribution in [-0.2, 0) is 5.41 Å². The topological polar surface area (TPSA) is 12.0 Å². The van der Waals surface area contributed by atoms with E-state index in [-0.39, 0.29) is 17.3 Å². The molecule has 0 aliphatic carbocycles. The van der Waals surface area contributed by atoms with Crippen LogP contribution in [0.4, 0.5) is 8.78 Å². The summed E-state index contributed by atoms with van der Waals surface area (Å²) in [6.07, 6.45) is 0. The van der Waals surface area contributed by atoms with Gasteiger partial charge < -0.3 is 5.32 Å². The van der Waals surface area contributed by atoms with Crippen molar-refractivity contribution < 1.29 is 8.78 Å². The van der Waals surface area contributed by atoms with Gasteiger partial charge >= 0.3 is 0 Å². The highest BCUT2D eigenvalue weighted by atomic mass is 19.1. The zero-order valence-corrected chi connectivity index (χ0v) is 12.7. The van der Waals surface area contributed by atoms with Crippen molar-refractivity contribution in [3.8, 4) is 0 Å². The molecule has 0 aromatic heterocycles. The minimum absolute atomic E-state index is 0.0840. The van der Waals surface area contributed by atoms with Gasteiger partial charge in [0.05, 0.1) is 0 Å². The fraction of sp³-hybridized carbons (Fsp3) is 0.333. The summed E-state index contributed by atoms with van der Waals surface area (Å²) in [6.45, 7) is 6.78. The van der Waals surface area contributed by atoms with E-state index in [9.17, 15) is 8.78 Å². The Morgan fingerprint density at radius 2 is 1.71 bits per heavy atom. The van der Waals surface area contributed by atoms with Crippen molar-refractivity contribution in [2.75, 3.05) is 6.54 Å². The fourth-order valence-corrected chi connectivity index (χ4v) is 2.36. The fourth-order valence-electron chi connectivity index (χ4n) is 2.36. The highest BCUT2D eigenvalue weighted by Gasteiger charge is 2.22. The van der Waals surface area contributed by atoms with Gasteiger partial charge in [-0.1, -0.05) is 44.2 Å². The maximum absolute atomic E-state index is 13.8. The Morgan fingerprint density at radius 1 is 1.05 bits per heavy atom. The highest BCUT2D eigenvalue weighted by Crippen LogP contribution is 2.24. The van der Waals surface area contributed by atoms with Crippen LogP contribution in [0.2, 0.25) is 0 Å². The molecule has 0 radical (unpaired) electrons. The summed E-state index contributed by atoms with van der Waals surface area (Å²) in [6, 6.07) is 13.5. The minimum Gasteiger partial charge on any atom is -0.309 e. The molecule has 2 aromatic rings. The zero-order chi connectivity index (χ0) is 15.5. The molecular formula is C18H21F2N. The SMILES string of the molecule is CC(NCC(C)(C)c1ccccc1)c1cc(F)ccc1F. The third-order valence-electron chi connectivity index (χ3n) is 3.83. The van der Waals surface area contributed by atoms with Gasteiger partial charge in [-0.25, -0.2) is 8.78 Å². The number of rotatable bonds is 5. The molecule has 21 heavy (non-hydrogen) atoms. The molecule has 0 aliphatic heterocycles. The first-order valence-corrected chi connectivity index (χ1v) is 7.14. The molecule has 2 rings (SSSR count). The molecule has 0 aliphatic rings. The first kappa shape index (κ1) is 15.6. The zero-order valence-electron chi connectivity index (χ0n) is 12.7. The maximum atomic E-state index is 13.8. The van der Waals surface area contributed by atoms with E-state index in [1.165, 1.54) is 17.7 Å². The van der Waals surface area contributed by atoms with Gasteiger partial charge in [-0.15, -0.1) is 0 Å². The van der Waals surface area contributed by atoms with Crippen molar-refractivity contribution in [2.24, 2.45) is 0 Å². The van der Waals surface area contributed by atoms with E-state index < -0.39 is 5.82 Å². The largest absolute Gasteiger partial charge is 0.309 e. The summed E-state index contributed by atoms with van der Waals surface area (Å²) in [5, 5.41) is 3.30. The average molecular weight is 289 g/mol. The van der Waals surface area contributed by atoms with Crippen LogP contribution in [0, 0.1) is 11.6 Å². The monoisotopic (exact) mass is 289 g/mol. The van der Waals surface area contributed by atoms with Crippen LogP contribution in [0.3, 0.4) is 0 Å². The van der Waals surface area contributed by atoms with Crippen molar-refractivity contribution >= 4 is 0 Å². The van der Waals surface area contributed by atoms with Crippen LogP contribution in [0.1, 0.15) is 37.9 Å². The maximum Gasteiger partial charge on any atom is 0.128 e. The van der Waals surface area contributed by atoms with Crippen LogP contribution in [0.5, 0.6) is 0 Å². The van der Waals surface area contributed by atoms with Crippen molar-refractivity contribution in [3.63, 3.8) is 0 Å². The van der Waals surface area contributed by atoms with E-state index >= 15 is 0 Å². The molecule has 0 fully saturated rings. The summed E-state index contributed by atoms with van der Waals surface area (Å²) in [7, 11) is 0. The van der Waals surface area contributed by atoms with Gasteiger partial charge in [-0.2, -0.15) is 0 Å². The highest BCUT2D eigenvalue weighted by molar-refractivity contribution is 5.25. The summed E-state index contributed by atoms with van der Waals surface area (Å²) in [5.41, 5.74) is 1.49. The molecule has 0 saturated carbocycles. The number of hydrogen-bond acceptors (Lipinski definition) is 1. The van der Waals surface area contributed by atoms with Crippen LogP contribution >= 0.6 is 0 Å². The summed E-state index contributed by atoms with van der Waals surface area (Å²) in [4.78, 5) is 0. The molecule has 2 aromatic carbocycles. The third kappa shape index (κ3) is 3.88. The van der Waals surface area contributed by atoms with Crippen molar-refractivity contribution in [3.05, 3.63) is 71.3 Å². The number of hydrogen-bond donors (Lipinski definition) is 1. The second-order valence-corrected chi connectivity index (χ2v) is 6.02. The molecule has 1 nitrogen and oxygen atoms in total. The second-order valence-electron chi connectivity index (χ2n) is 6.02. The molecule has 0 amide bonds. The van der Waals surface area contributed by atoms with Crippen LogP contribution in [0.15, 0.2) is 48.5 Å². The van der Waals surface area contributed by atoms with Crippen LogP contribution in [-0.4, -0.2) is 6.54 Å². The van der Waals surface area contributed by atoms with Gasteiger partial charge in [0, 0.05) is 23.6 Å². The van der Waals surface area contributed by atoms with Crippen LogP contribution in [0.25, 0.3) is 0 Å². The first-order chi connectivity index (χ1) is 9.90. The minimum atomic E-state index is -0.414. The molecule has 1 N–H and O–H groups in total. The predicted molar refractivity (Wildman–Crippen MR) is 82.2 cm³/mol. The molecule has 0 saturated heterocycles. The number of benzene rings is 2. The Kier molecular flexibility index (Phi) is 4.73. The lowest BCUT2D eigenvalue weighted by atomic mass is 9.84. The molecular weight excluding hydrogens is 268 g/mol. The van der Waals surface area contributed by atoms with E-state index in [1.54, 1.807) is 0 Å². The van der Waals surface area contributed by atoms with E-state index in [0.29, 0.717) is 12.1 Å². The molecule has 0 bridgehead atoms. The van der Waals surface area contributed by atoms with Crippen LogP contribution < -0.4 is 5.32 Å². The average Bonchev–Trinajstić information content (AvgIpc) is 2.48. The Morgan fingerprint density at radius 3 is 2.38 bits per heavy atom. The quantitative estimate of drug-likeness (QED) is 0.848. The van der Waals surface area contributed by atoms with Gasteiger partial charge in [0.25, 0.3) is 0 Å². The standard InChI is InChI=1S/C18H21F2N/c1-13(16-11-15(19)9-10-17(16)20)21-12-18(2,3)14-7-5-4-6-8-14/h4-11,13,21H,12H2,1-3H3.